The van der Waals surface area contributed by atoms with Gasteiger partial charge in [-0.1, -0.05) is 30.3 Å². The molecule has 0 atom stereocenters. The number of nitrogens with two attached hydrogens (primary N) is 1. The molecule has 2 N–H and O–H groups in total. The molecule has 2 heterocycles. The Morgan fingerprint density at radius 1 is 1.23 bits per heavy atom. The van der Waals surface area contributed by atoms with Crippen LogP contribution in [0.1, 0.15) is 5.56 Å². The molecule has 0 radical (unpaired) electrons. The fourth-order valence-electron chi connectivity index (χ4n) is 1.97. The summed E-state index contributed by atoms with van der Waals surface area (Å²) in [6.45, 7) is 0. The highest BCUT2D eigenvalue weighted by atomic mass is 16.5. The lowest BCUT2D eigenvalue weighted by molar-refractivity contribution is 0.397. The monoisotopic (exact) mass is 292 g/mol. The Kier molecular flexibility index (Phi) is 3.42. The van der Waals surface area contributed by atoms with Gasteiger partial charge in [0.25, 0.3) is 0 Å². The number of anilines is 1. The van der Waals surface area contributed by atoms with E-state index in [1.165, 1.54) is 18.0 Å². The van der Waals surface area contributed by atoms with Crippen molar-refractivity contribution in [1.82, 2.24) is 19.7 Å². The second kappa shape index (κ2) is 5.54. The number of rotatable bonds is 3. The molecule has 0 unspecified atom stereocenters. The molecule has 7 nitrogen and oxygen atoms in total. The predicted octanol–water partition coefficient (Wildman–Crippen LogP) is 1.79. The van der Waals surface area contributed by atoms with Crippen LogP contribution in [0, 0.1) is 11.3 Å². The van der Waals surface area contributed by atoms with Gasteiger partial charge in [-0.05, 0) is 0 Å². The van der Waals surface area contributed by atoms with Crippen LogP contribution in [-0.2, 0) is 0 Å². The van der Waals surface area contributed by atoms with Gasteiger partial charge >= 0.3 is 0 Å². The number of nitrogen functional groups attached to an aromatic ring is 1. The van der Waals surface area contributed by atoms with Crippen molar-refractivity contribution in [3.05, 3.63) is 48.2 Å². The highest BCUT2D eigenvalue weighted by Crippen LogP contribution is 2.22. The summed E-state index contributed by atoms with van der Waals surface area (Å²) in [6, 6.07) is 13.1. The zero-order chi connectivity index (χ0) is 15.5. The molecule has 0 bridgehead atoms. The number of benzene rings is 1. The van der Waals surface area contributed by atoms with Crippen LogP contribution >= 0.6 is 0 Å². The van der Waals surface area contributed by atoms with Crippen LogP contribution in [0.3, 0.4) is 0 Å². The molecule has 7 heteroatoms. The summed E-state index contributed by atoms with van der Waals surface area (Å²) in [5, 5.41) is 13.1. The Hall–Kier alpha value is -3.40. The minimum absolute atomic E-state index is 0.224. The number of aromatic nitrogens is 4. The van der Waals surface area contributed by atoms with E-state index in [-0.39, 0.29) is 5.82 Å². The van der Waals surface area contributed by atoms with Crippen LogP contribution in [-0.4, -0.2) is 26.9 Å². The summed E-state index contributed by atoms with van der Waals surface area (Å²) in [5.74, 6) is 1.53. The number of hydrogen-bond donors (Lipinski definition) is 1. The zero-order valence-electron chi connectivity index (χ0n) is 11.8. The van der Waals surface area contributed by atoms with E-state index in [2.05, 4.69) is 15.1 Å². The standard InChI is InChI=1S/C15H12N6O/c1-22-13-7-12(21-14(17)11(8-16)9-18-21)19-15(20-13)10-5-3-2-4-6-10/h2-7,9H,17H2,1H3. The molecule has 0 amide bonds. The number of methoxy groups -OCH3 is 1. The maximum absolute atomic E-state index is 8.97. The SMILES string of the molecule is COc1cc(-n2ncc(C#N)c2N)nc(-c2ccccc2)n1. The van der Waals surface area contributed by atoms with E-state index in [9.17, 15) is 0 Å². The summed E-state index contributed by atoms with van der Waals surface area (Å²) in [5.41, 5.74) is 7.04. The van der Waals surface area contributed by atoms with Gasteiger partial charge in [-0.25, -0.2) is 4.98 Å². The molecule has 0 aliphatic heterocycles. The van der Waals surface area contributed by atoms with E-state index in [4.69, 9.17) is 15.7 Å². The molecule has 0 spiro atoms. The maximum atomic E-state index is 8.97. The van der Waals surface area contributed by atoms with Crippen molar-refractivity contribution in [2.24, 2.45) is 0 Å². The van der Waals surface area contributed by atoms with Gasteiger partial charge < -0.3 is 10.5 Å². The summed E-state index contributed by atoms with van der Waals surface area (Å²) < 4.78 is 6.60. The first-order chi connectivity index (χ1) is 10.7. The van der Waals surface area contributed by atoms with Gasteiger partial charge in [0.15, 0.2) is 11.6 Å². The van der Waals surface area contributed by atoms with Gasteiger partial charge in [0.05, 0.1) is 13.3 Å². The molecular formula is C15H12N6O. The fraction of sp³-hybridized carbons (Fsp3) is 0.0667. The van der Waals surface area contributed by atoms with Crippen LogP contribution in [0.5, 0.6) is 5.88 Å². The van der Waals surface area contributed by atoms with E-state index < -0.39 is 0 Å². The largest absolute Gasteiger partial charge is 0.481 e. The molecular weight excluding hydrogens is 280 g/mol. The topological polar surface area (TPSA) is 103 Å². The van der Waals surface area contributed by atoms with Crippen LogP contribution in [0.25, 0.3) is 17.2 Å². The summed E-state index contributed by atoms with van der Waals surface area (Å²) in [4.78, 5) is 8.77. The third-order valence-electron chi connectivity index (χ3n) is 3.07. The Labute approximate surface area is 126 Å². The first-order valence-electron chi connectivity index (χ1n) is 6.45. The molecule has 0 saturated heterocycles. The van der Waals surface area contributed by atoms with E-state index >= 15 is 0 Å². The van der Waals surface area contributed by atoms with E-state index in [0.717, 1.165) is 5.56 Å². The van der Waals surface area contributed by atoms with Crippen LogP contribution in [0.15, 0.2) is 42.6 Å². The first-order valence-corrected chi connectivity index (χ1v) is 6.45. The van der Waals surface area contributed by atoms with Crippen LogP contribution < -0.4 is 10.5 Å². The van der Waals surface area contributed by atoms with Crippen molar-refractivity contribution in [3.63, 3.8) is 0 Å². The Morgan fingerprint density at radius 2 is 2.00 bits per heavy atom. The van der Waals surface area contributed by atoms with Crippen molar-refractivity contribution in [2.45, 2.75) is 0 Å². The van der Waals surface area contributed by atoms with Crippen molar-refractivity contribution in [1.29, 1.82) is 5.26 Å². The summed E-state index contributed by atoms with van der Waals surface area (Å²) >= 11 is 0. The van der Waals surface area contributed by atoms with Crippen molar-refractivity contribution in [2.75, 3.05) is 12.8 Å². The lowest BCUT2D eigenvalue weighted by Crippen LogP contribution is -2.07. The molecule has 0 saturated carbocycles. The Morgan fingerprint density at radius 3 is 2.64 bits per heavy atom. The molecule has 0 fully saturated rings. The van der Waals surface area contributed by atoms with E-state index in [0.29, 0.717) is 23.1 Å². The Balaban J connectivity index is 2.16. The van der Waals surface area contributed by atoms with Crippen molar-refractivity contribution >= 4 is 5.82 Å². The molecule has 0 aliphatic rings. The molecule has 1 aromatic carbocycles. The van der Waals surface area contributed by atoms with Gasteiger partial charge in [-0.3, -0.25) is 0 Å². The highest BCUT2D eigenvalue weighted by Gasteiger charge is 2.13. The second-order valence-electron chi connectivity index (χ2n) is 4.43. The van der Waals surface area contributed by atoms with Gasteiger partial charge in [-0.2, -0.15) is 20.0 Å². The number of nitrogens with zero attached hydrogens (tertiary/aromatic N) is 5. The molecule has 3 rings (SSSR count). The molecule has 0 aliphatic carbocycles. The quantitative estimate of drug-likeness (QED) is 0.789. The van der Waals surface area contributed by atoms with Crippen LogP contribution in [0.4, 0.5) is 5.82 Å². The molecule has 3 aromatic rings. The van der Waals surface area contributed by atoms with Gasteiger partial charge in [0.1, 0.15) is 17.5 Å². The normalized spacial score (nSPS) is 10.2. The van der Waals surface area contributed by atoms with Crippen molar-refractivity contribution < 1.29 is 4.74 Å². The second-order valence-corrected chi connectivity index (χ2v) is 4.43. The van der Waals surface area contributed by atoms with Crippen molar-refractivity contribution in [3.8, 4) is 29.2 Å². The number of hydrogen-bond acceptors (Lipinski definition) is 6. The average Bonchev–Trinajstić information content (AvgIpc) is 2.96. The summed E-state index contributed by atoms with van der Waals surface area (Å²) in [7, 11) is 1.52. The number of ether oxygens (including phenoxy) is 1. The van der Waals surface area contributed by atoms with Crippen LogP contribution in [0.2, 0.25) is 0 Å². The third-order valence-corrected chi connectivity index (χ3v) is 3.07. The van der Waals surface area contributed by atoms with Gasteiger partial charge in [-0.15, -0.1) is 0 Å². The average molecular weight is 292 g/mol. The molecule has 108 valence electrons. The molecule has 2 aromatic heterocycles. The van der Waals surface area contributed by atoms with Gasteiger partial charge in [0.2, 0.25) is 5.88 Å². The third kappa shape index (κ3) is 2.33. The van der Waals surface area contributed by atoms with Gasteiger partial charge in [0, 0.05) is 11.6 Å². The van der Waals surface area contributed by atoms with E-state index in [1.54, 1.807) is 6.07 Å². The highest BCUT2D eigenvalue weighted by molar-refractivity contribution is 5.58. The Bertz CT molecular complexity index is 850. The summed E-state index contributed by atoms with van der Waals surface area (Å²) in [6.07, 6.45) is 1.39. The molecule has 22 heavy (non-hydrogen) atoms. The first kappa shape index (κ1) is 13.6. The lowest BCUT2D eigenvalue weighted by Gasteiger charge is -2.08. The maximum Gasteiger partial charge on any atom is 0.218 e. The van der Waals surface area contributed by atoms with E-state index in [1.807, 2.05) is 36.4 Å². The number of nitriles is 1. The minimum Gasteiger partial charge on any atom is -0.481 e. The zero-order valence-corrected chi connectivity index (χ0v) is 11.8. The lowest BCUT2D eigenvalue weighted by atomic mass is 10.2. The smallest absolute Gasteiger partial charge is 0.218 e. The minimum atomic E-state index is 0.224. The fourth-order valence-corrected chi connectivity index (χ4v) is 1.97. The predicted molar refractivity (Wildman–Crippen MR) is 80.3 cm³/mol.